The molecule has 0 radical (unpaired) electrons. The first-order valence-electron chi connectivity index (χ1n) is 9.77. The number of benzene rings is 2. The predicted molar refractivity (Wildman–Crippen MR) is 116 cm³/mol. The van der Waals surface area contributed by atoms with E-state index in [2.05, 4.69) is 25.5 Å². The van der Waals surface area contributed by atoms with Crippen molar-refractivity contribution in [2.24, 2.45) is 0 Å². The minimum absolute atomic E-state index is 0.0406. The first-order valence-corrected chi connectivity index (χ1v) is 9.77. The van der Waals surface area contributed by atoms with E-state index >= 15 is 0 Å². The number of amides is 1. The Bertz CT molecular complexity index is 1570. The maximum absolute atomic E-state index is 13.5. The van der Waals surface area contributed by atoms with Crippen LogP contribution in [0.15, 0.2) is 65.6 Å². The van der Waals surface area contributed by atoms with Crippen LogP contribution in [0.25, 0.3) is 22.7 Å². The van der Waals surface area contributed by atoms with Gasteiger partial charge in [-0.05, 0) is 37.3 Å². The Morgan fingerprint density at radius 1 is 1.03 bits per heavy atom. The number of carbonyl (C=O) groups excluding carboxylic acids is 1. The van der Waals surface area contributed by atoms with E-state index < -0.39 is 23.1 Å². The van der Waals surface area contributed by atoms with Crippen molar-refractivity contribution in [2.75, 3.05) is 5.32 Å². The zero-order valence-electron chi connectivity index (χ0n) is 17.1. The van der Waals surface area contributed by atoms with Crippen molar-refractivity contribution < 1.29 is 13.6 Å². The SMILES string of the molecule is Cc1cc(NC(=O)c2ccc(F)c(F)c2)n(-c2nc3c(cnn3-c3ccccc3)c(=O)[nH]2)n1. The molecule has 11 heteroatoms. The number of nitrogens with zero attached hydrogens (tertiary/aromatic N) is 5. The summed E-state index contributed by atoms with van der Waals surface area (Å²) in [6.07, 6.45) is 1.41. The first kappa shape index (κ1) is 20.2. The summed E-state index contributed by atoms with van der Waals surface area (Å²) < 4.78 is 29.5. The molecule has 0 atom stereocenters. The molecule has 0 aliphatic heterocycles. The van der Waals surface area contributed by atoms with Crippen LogP contribution >= 0.6 is 0 Å². The Morgan fingerprint density at radius 2 is 1.82 bits per heavy atom. The lowest BCUT2D eigenvalue weighted by Crippen LogP contribution is -2.19. The summed E-state index contributed by atoms with van der Waals surface area (Å²) in [5, 5.41) is 11.4. The van der Waals surface area contributed by atoms with Gasteiger partial charge < -0.3 is 5.32 Å². The number of aromatic nitrogens is 6. The molecule has 164 valence electrons. The van der Waals surface area contributed by atoms with Gasteiger partial charge in [0, 0.05) is 11.6 Å². The lowest BCUT2D eigenvalue weighted by atomic mass is 10.2. The molecule has 3 heterocycles. The summed E-state index contributed by atoms with van der Waals surface area (Å²) in [6, 6.07) is 13.5. The number of carbonyl (C=O) groups is 1. The number of nitrogens with one attached hydrogen (secondary N) is 2. The molecule has 0 unspecified atom stereocenters. The fourth-order valence-electron chi connectivity index (χ4n) is 3.34. The second-order valence-electron chi connectivity index (χ2n) is 7.18. The summed E-state index contributed by atoms with van der Waals surface area (Å²) in [5.41, 5.74) is 1.00. The van der Waals surface area contributed by atoms with Crippen molar-refractivity contribution in [3.63, 3.8) is 0 Å². The highest BCUT2D eigenvalue weighted by Crippen LogP contribution is 2.19. The van der Waals surface area contributed by atoms with Gasteiger partial charge in [-0.15, -0.1) is 0 Å². The fourth-order valence-corrected chi connectivity index (χ4v) is 3.34. The largest absolute Gasteiger partial charge is 0.306 e. The van der Waals surface area contributed by atoms with Crippen molar-refractivity contribution in [2.45, 2.75) is 6.92 Å². The van der Waals surface area contributed by atoms with Crippen LogP contribution in [0.4, 0.5) is 14.6 Å². The van der Waals surface area contributed by atoms with E-state index in [1.54, 1.807) is 13.0 Å². The molecule has 2 N–H and O–H groups in total. The first-order chi connectivity index (χ1) is 15.9. The number of aromatic amines is 1. The van der Waals surface area contributed by atoms with Crippen LogP contribution in [-0.4, -0.2) is 35.4 Å². The third-order valence-corrected chi connectivity index (χ3v) is 4.88. The van der Waals surface area contributed by atoms with Gasteiger partial charge in [-0.25, -0.2) is 13.5 Å². The molecule has 5 rings (SSSR count). The predicted octanol–water partition coefficient (Wildman–Crippen LogP) is 3.13. The van der Waals surface area contributed by atoms with E-state index in [9.17, 15) is 18.4 Å². The van der Waals surface area contributed by atoms with Crippen LogP contribution in [0.2, 0.25) is 0 Å². The molecule has 1 amide bonds. The zero-order chi connectivity index (χ0) is 23.1. The summed E-state index contributed by atoms with van der Waals surface area (Å²) in [5.74, 6) is -2.67. The number of rotatable bonds is 4. The Morgan fingerprint density at radius 3 is 2.58 bits per heavy atom. The zero-order valence-corrected chi connectivity index (χ0v) is 17.1. The molecule has 0 bridgehead atoms. The van der Waals surface area contributed by atoms with Crippen LogP contribution < -0.4 is 10.9 Å². The van der Waals surface area contributed by atoms with Gasteiger partial charge in [-0.2, -0.15) is 19.9 Å². The quantitative estimate of drug-likeness (QED) is 0.440. The number of aryl methyl sites for hydroxylation is 1. The van der Waals surface area contributed by atoms with Gasteiger partial charge in [-0.1, -0.05) is 18.2 Å². The molecule has 3 aromatic heterocycles. The monoisotopic (exact) mass is 447 g/mol. The number of H-pyrrole nitrogens is 1. The molecule has 2 aromatic carbocycles. The Balaban J connectivity index is 1.58. The summed E-state index contributed by atoms with van der Waals surface area (Å²) in [7, 11) is 0. The number of hydrogen-bond donors (Lipinski definition) is 2. The van der Waals surface area contributed by atoms with Crippen LogP contribution in [0, 0.1) is 18.6 Å². The maximum atomic E-state index is 13.5. The second-order valence-corrected chi connectivity index (χ2v) is 7.18. The van der Waals surface area contributed by atoms with Crippen molar-refractivity contribution >= 4 is 22.8 Å². The Hall–Kier alpha value is -4.67. The van der Waals surface area contributed by atoms with Gasteiger partial charge in [0.05, 0.1) is 17.6 Å². The Kier molecular flexibility index (Phi) is 4.78. The molecule has 0 fully saturated rings. The molecule has 33 heavy (non-hydrogen) atoms. The highest BCUT2D eigenvalue weighted by atomic mass is 19.2. The van der Waals surface area contributed by atoms with E-state index in [0.29, 0.717) is 17.0 Å². The molecule has 5 aromatic rings. The third-order valence-electron chi connectivity index (χ3n) is 4.88. The molecule has 0 saturated carbocycles. The van der Waals surface area contributed by atoms with E-state index in [1.807, 2.05) is 30.3 Å². The lowest BCUT2D eigenvalue weighted by Gasteiger charge is -2.09. The van der Waals surface area contributed by atoms with Crippen molar-refractivity contribution in [3.8, 4) is 11.6 Å². The fraction of sp³-hybridized carbons (Fsp3) is 0.0455. The van der Waals surface area contributed by atoms with E-state index in [0.717, 1.165) is 18.2 Å². The number of halogens is 2. The van der Waals surface area contributed by atoms with Crippen LogP contribution in [0.5, 0.6) is 0 Å². The van der Waals surface area contributed by atoms with E-state index in [4.69, 9.17) is 0 Å². The summed E-state index contributed by atoms with van der Waals surface area (Å²) in [6.45, 7) is 1.69. The minimum atomic E-state index is -1.14. The molecule has 0 aliphatic carbocycles. The van der Waals surface area contributed by atoms with Crippen LogP contribution in [0.1, 0.15) is 16.1 Å². The standard InChI is InChI=1S/C22H15F2N7O2/c1-12-9-18(26-20(32)13-7-8-16(23)17(24)10-13)31(29-12)22-27-19-15(21(33)28-22)11-25-30(19)14-5-3-2-4-6-14/h2-11H,1H3,(H,26,32)(H,27,28,33). The van der Waals surface area contributed by atoms with E-state index in [1.165, 1.54) is 15.6 Å². The number of fused-ring (bicyclic) bond motifs is 1. The van der Waals surface area contributed by atoms with Gasteiger partial charge in [0.2, 0.25) is 5.95 Å². The van der Waals surface area contributed by atoms with Crippen molar-refractivity contribution in [1.29, 1.82) is 0 Å². The molecule has 0 saturated heterocycles. The van der Waals surface area contributed by atoms with E-state index in [-0.39, 0.29) is 22.7 Å². The molecule has 0 spiro atoms. The molecule has 9 nitrogen and oxygen atoms in total. The molecule has 0 aliphatic rings. The second kappa shape index (κ2) is 7.79. The average molecular weight is 447 g/mol. The van der Waals surface area contributed by atoms with Gasteiger partial charge in [0.15, 0.2) is 17.3 Å². The number of hydrogen-bond acceptors (Lipinski definition) is 5. The van der Waals surface area contributed by atoms with Crippen LogP contribution in [0.3, 0.4) is 0 Å². The van der Waals surface area contributed by atoms with Crippen LogP contribution in [-0.2, 0) is 0 Å². The smallest absolute Gasteiger partial charge is 0.263 e. The van der Waals surface area contributed by atoms with Gasteiger partial charge in [0.1, 0.15) is 11.2 Å². The normalized spacial score (nSPS) is 11.1. The van der Waals surface area contributed by atoms with Gasteiger partial charge in [0.25, 0.3) is 11.5 Å². The molecular weight excluding hydrogens is 432 g/mol. The summed E-state index contributed by atoms with van der Waals surface area (Å²) >= 11 is 0. The molecular formula is C22H15F2N7O2. The topological polar surface area (TPSA) is 110 Å². The maximum Gasteiger partial charge on any atom is 0.263 e. The third kappa shape index (κ3) is 3.65. The average Bonchev–Trinajstić information content (AvgIpc) is 3.39. The lowest BCUT2D eigenvalue weighted by molar-refractivity contribution is 0.102. The highest BCUT2D eigenvalue weighted by Gasteiger charge is 2.18. The number of anilines is 1. The summed E-state index contributed by atoms with van der Waals surface area (Å²) in [4.78, 5) is 32.4. The van der Waals surface area contributed by atoms with Gasteiger partial charge in [-0.3, -0.25) is 14.6 Å². The minimum Gasteiger partial charge on any atom is -0.306 e. The van der Waals surface area contributed by atoms with Gasteiger partial charge >= 0.3 is 0 Å². The number of para-hydroxylation sites is 1. The highest BCUT2D eigenvalue weighted by molar-refractivity contribution is 6.04. The van der Waals surface area contributed by atoms with Crippen molar-refractivity contribution in [1.82, 2.24) is 29.5 Å². The van der Waals surface area contributed by atoms with Crippen molar-refractivity contribution in [3.05, 3.63) is 94.0 Å². The Labute approximate surface area is 184 Å².